The van der Waals surface area contributed by atoms with Crippen LogP contribution in [0.3, 0.4) is 0 Å². The van der Waals surface area contributed by atoms with Gasteiger partial charge in [-0.1, -0.05) is 11.6 Å². The highest BCUT2D eigenvalue weighted by molar-refractivity contribution is 5.98. The molecule has 0 aliphatic carbocycles. The highest BCUT2D eigenvalue weighted by Crippen LogP contribution is 2.33. The molecular weight excluding hydrogens is 429 g/mol. The Morgan fingerprint density at radius 1 is 0.941 bits per heavy atom. The second-order valence-corrected chi connectivity index (χ2v) is 9.70. The van der Waals surface area contributed by atoms with Crippen molar-refractivity contribution in [3.8, 4) is 11.1 Å². The van der Waals surface area contributed by atoms with Crippen LogP contribution in [0.5, 0.6) is 0 Å². The summed E-state index contributed by atoms with van der Waals surface area (Å²) in [5.74, 6) is -0.357. The van der Waals surface area contributed by atoms with Crippen LogP contribution in [0, 0.1) is 12.7 Å². The summed E-state index contributed by atoms with van der Waals surface area (Å²) in [6, 6.07) is 6.56. The molecule has 8 heteroatoms. The summed E-state index contributed by atoms with van der Waals surface area (Å²) in [6.45, 7) is 8.70. The van der Waals surface area contributed by atoms with Gasteiger partial charge >= 0.3 is 0 Å². The first-order valence-corrected chi connectivity index (χ1v) is 12.1. The van der Waals surface area contributed by atoms with Crippen LogP contribution < -0.4 is 4.90 Å². The number of pyridine rings is 1. The van der Waals surface area contributed by atoms with Gasteiger partial charge in [0.1, 0.15) is 5.82 Å². The molecule has 1 aromatic carbocycles. The lowest BCUT2D eigenvalue weighted by Gasteiger charge is -2.42. The number of halogens is 1. The van der Waals surface area contributed by atoms with Gasteiger partial charge < -0.3 is 9.80 Å². The van der Waals surface area contributed by atoms with E-state index in [2.05, 4.69) is 31.8 Å². The number of piperidine rings is 1. The normalized spacial score (nSPS) is 18.9. The molecule has 0 amide bonds. The van der Waals surface area contributed by atoms with E-state index in [1.54, 1.807) is 10.7 Å². The van der Waals surface area contributed by atoms with E-state index in [1.165, 1.54) is 32.1 Å². The van der Waals surface area contributed by atoms with Crippen molar-refractivity contribution < 1.29 is 4.39 Å². The predicted octanol–water partition coefficient (Wildman–Crippen LogP) is 3.61. The molecule has 176 valence electrons. The summed E-state index contributed by atoms with van der Waals surface area (Å²) in [4.78, 5) is 16.5. The van der Waals surface area contributed by atoms with E-state index in [0.29, 0.717) is 22.8 Å². The van der Waals surface area contributed by atoms with Crippen LogP contribution in [0.2, 0.25) is 0 Å². The maximum Gasteiger partial charge on any atom is 0.163 e. The van der Waals surface area contributed by atoms with Crippen molar-refractivity contribution in [3.63, 3.8) is 0 Å². The third-order valence-electron chi connectivity index (χ3n) is 7.47. The standard InChI is InChI=1S/C26H30FN7/c1-18-3-4-24-21(13-18)25(23(27)16-28-24)22-15-30-34-17-20(14-29-26(22)34)32-7-5-19(6-8-32)33-11-9-31(2)10-12-33/h3-4,13-17,19H,5-12H2,1-2H3. The summed E-state index contributed by atoms with van der Waals surface area (Å²) in [5, 5.41) is 5.33. The van der Waals surface area contributed by atoms with E-state index in [4.69, 9.17) is 4.98 Å². The highest BCUT2D eigenvalue weighted by atomic mass is 19.1. The Bertz CT molecular complexity index is 1330. The zero-order chi connectivity index (χ0) is 23.2. The molecule has 0 saturated carbocycles. The SMILES string of the molecule is Cc1ccc2ncc(F)c(-c3cnn4cc(N5CCC(N6CCN(C)CC6)CC5)cnc34)c2c1. The van der Waals surface area contributed by atoms with Crippen molar-refractivity contribution >= 4 is 22.2 Å². The number of aromatic nitrogens is 4. The fourth-order valence-electron chi connectivity index (χ4n) is 5.44. The van der Waals surface area contributed by atoms with Gasteiger partial charge in [0.25, 0.3) is 0 Å². The Balaban J connectivity index is 1.26. The van der Waals surface area contributed by atoms with Gasteiger partial charge in [-0.3, -0.25) is 9.88 Å². The molecule has 3 aromatic heterocycles. The van der Waals surface area contributed by atoms with Crippen molar-refractivity contribution in [2.75, 3.05) is 51.2 Å². The smallest absolute Gasteiger partial charge is 0.163 e. The van der Waals surface area contributed by atoms with Crippen LogP contribution in [0.1, 0.15) is 18.4 Å². The van der Waals surface area contributed by atoms with Gasteiger partial charge in [-0.05, 0) is 38.9 Å². The van der Waals surface area contributed by atoms with Gasteiger partial charge in [0.2, 0.25) is 0 Å². The number of fused-ring (bicyclic) bond motifs is 2. The summed E-state index contributed by atoms with van der Waals surface area (Å²) in [7, 11) is 2.20. The van der Waals surface area contributed by atoms with Gasteiger partial charge in [-0.25, -0.2) is 13.9 Å². The number of aryl methyl sites for hydroxylation is 1. The minimum absolute atomic E-state index is 0.357. The zero-order valence-corrected chi connectivity index (χ0v) is 19.8. The average Bonchev–Trinajstić information content (AvgIpc) is 3.27. The lowest BCUT2D eigenvalue weighted by Crippen LogP contribution is -2.52. The Labute approximate surface area is 198 Å². The Kier molecular flexibility index (Phi) is 5.42. The molecule has 0 atom stereocenters. The third-order valence-corrected chi connectivity index (χ3v) is 7.47. The van der Waals surface area contributed by atoms with Crippen molar-refractivity contribution in [2.24, 2.45) is 0 Å². The van der Waals surface area contributed by atoms with Gasteiger partial charge in [0.15, 0.2) is 5.65 Å². The van der Waals surface area contributed by atoms with E-state index in [9.17, 15) is 4.39 Å². The highest BCUT2D eigenvalue weighted by Gasteiger charge is 2.27. The van der Waals surface area contributed by atoms with E-state index in [-0.39, 0.29) is 5.82 Å². The number of likely N-dealkylation sites (N-methyl/N-ethyl adjacent to an activating group) is 1. The molecule has 4 aromatic rings. The van der Waals surface area contributed by atoms with E-state index >= 15 is 0 Å². The Morgan fingerprint density at radius 2 is 1.74 bits per heavy atom. The van der Waals surface area contributed by atoms with Gasteiger partial charge in [-0.2, -0.15) is 5.10 Å². The number of rotatable bonds is 3. The first-order chi connectivity index (χ1) is 16.6. The maximum absolute atomic E-state index is 15.0. The second kappa shape index (κ2) is 8.60. The zero-order valence-electron chi connectivity index (χ0n) is 19.8. The van der Waals surface area contributed by atoms with E-state index in [1.807, 2.05) is 37.5 Å². The van der Waals surface area contributed by atoms with Gasteiger partial charge in [-0.15, -0.1) is 0 Å². The molecule has 2 saturated heterocycles. The van der Waals surface area contributed by atoms with Crippen molar-refractivity contribution in [1.82, 2.24) is 29.4 Å². The van der Waals surface area contributed by atoms with Crippen LogP contribution in [-0.2, 0) is 0 Å². The van der Waals surface area contributed by atoms with Crippen LogP contribution in [-0.4, -0.2) is 81.7 Å². The van der Waals surface area contributed by atoms with E-state index < -0.39 is 0 Å². The largest absolute Gasteiger partial charge is 0.369 e. The molecule has 5 heterocycles. The summed E-state index contributed by atoms with van der Waals surface area (Å²) in [5.41, 5.74) is 4.75. The average molecular weight is 460 g/mol. The predicted molar refractivity (Wildman–Crippen MR) is 133 cm³/mol. The molecule has 0 unspecified atom stereocenters. The second-order valence-electron chi connectivity index (χ2n) is 9.70. The molecule has 0 spiro atoms. The molecule has 0 bridgehead atoms. The van der Waals surface area contributed by atoms with Gasteiger partial charge in [0.05, 0.1) is 41.6 Å². The monoisotopic (exact) mass is 459 g/mol. The van der Waals surface area contributed by atoms with Gasteiger partial charge in [0, 0.05) is 56.3 Å². The van der Waals surface area contributed by atoms with Crippen LogP contribution in [0.25, 0.3) is 27.7 Å². The third kappa shape index (κ3) is 3.80. The summed E-state index contributed by atoms with van der Waals surface area (Å²) in [6.07, 6.45) is 9.26. The van der Waals surface area contributed by atoms with Crippen LogP contribution >= 0.6 is 0 Å². The van der Waals surface area contributed by atoms with Crippen molar-refractivity contribution in [2.45, 2.75) is 25.8 Å². The molecule has 2 aliphatic heterocycles. The molecule has 34 heavy (non-hydrogen) atoms. The number of nitrogens with zero attached hydrogens (tertiary/aromatic N) is 7. The molecule has 2 fully saturated rings. The summed E-state index contributed by atoms with van der Waals surface area (Å²) < 4.78 is 16.8. The number of hydrogen-bond donors (Lipinski definition) is 0. The molecule has 2 aliphatic rings. The lowest BCUT2D eigenvalue weighted by molar-refractivity contribution is 0.0982. The fourth-order valence-corrected chi connectivity index (χ4v) is 5.44. The fraction of sp³-hybridized carbons (Fsp3) is 0.423. The topological polar surface area (TPSA) is 52.8 Å². The van der Waals surface area contributed by atoms with Crippen LogP contribution in [0.15, 0.2) is 43.0 Å². The maximum atomic E-state index is 15.0. The number of anilines is 1. The minimum atomic E-state index is -0.357. The summed E-state index contributed by atoms with van der Waals surface area (Å²) >= 11 is 0. The Morgan fingerprint density at radius 3 is 2.53 bits per heavy atom. The molecule has 6 rings (SSSR count). The number of piperazine rings is 1. The molecular formula is C26H30FN7. The number of benzene rings is 1. The first-order valence-electron chi connectivity index (χ1n) is 12.1. The van der Waals surface area contributed by atoms with E-state index in [0.717, 1.165) is 48.3 Å². The quantitative estimate of drug-likeness (QED) is 0.467. The number of hydrogen-bond acceptors (Lipinski definition) is 6. The lowest BCUT2D eigenvalue weighted by atomic mass is 10.0. The molecule has 0 N–H and O–H groups in total. The van der Waals surface area contributed by atoms with Crippen molar-refractivity contribution in [1.29, 1.82) is 0 Å². The molecule has 0 radical (unpaired) electrons. The van der Waals surface area contributed by atoms with Crippen molar-refractivity contribution in [3.05, 3.63) is 54.4 Å². The first kappa shape index (κ1) is 21.4. The Hall–Kier alpha value is -3.10. The van der Waals surface area contributed by atoms with Crippen LogP contribution in [0.4, 0.5) is 10.1 Å². The minimum Gasteiger partial charge on any atom is -0.369 e. The molecule has 7 nitrogen and oxygen atoms in total.